The van der Waals surface area contributed by atoms with E-state index in [0.29, 0.717) is 18.0 Å². The zero-order chi connectivity index (χ0) is 16.6. The van der Waals surface area contributed by atoms with Crippen LogP contribution < -0.4 is 10.6 Å². The van der Waals surface area contributed by atoms with Crippen molar-refractivity contribution in [1.29, 1.82) is 0 Å². The predicted octanol–water partition coefficient (Wildman–Crippen LogP) is 3.01. The Labute approximate surface area is 140 Å². The quantitative estimate of drug-likeness (QED) is 0.809. The molecule has 122 valence electrons. The zero-order valence-electron chi connectivity index (χ0n) is 13.5. The van der Waals surface area contributed by atoms with Crippen molar-refractivity contribution in [3.63, 3.8) is 0 Å². The van der Waals surface area contributed by atoms with Crippen LogP contribution in [0.1, 0.15) is 37.7 Å². The van der Waals surface area contributed by atoms with Gasteiger partial charge in [-0.15, -0.1) is 0 Å². The van der Waals surface area contributed by atoms with E-state index in [1.165, 1.54) is 0 Å². The SMILES string of the molecule is CC(C)(C)c1cc(CNC(=O)[C@H]2Cc3cc(Cl)ccc3N2)[nH]n1. The molecule has 0 bridgehead atoms. The van der Waals surface area contributed by atoms with Crippen molar-refractivity contribution in [2.75, 3.05) is 5.32 Å². The first-order valence-electron chi connectivity index (χ1n) is 7.70. The molecule has 5 nitrogen and oxygen atoms in total. The summed E-state index contributed by atoms with van der Waals surface area (Å²) < 4.78 is 0. The number of halogens is 1. The topological polar surface area (TPSA) is 69.8 Å². The Hall–Kier alpha value is -2.01. The van der Waals surface area contributed by atoms with Crippen molar-refractivity contribution >= 4 is 23.2 Å². The van der Waals surface area contributed by atoms with Gasteiger partial charge < -0.3 is 10.6 Å². The number of H-pyrrole nitrogens is 1. The largest absolute Gasteiger partial charge is 0.373 e. The Morgan fingerprint density at radius 1 is 1.39 bits per heavy atom. The summed E-state index contributed by atoms with van der Waals surface area (Å²) in [6, 6.07) is 7.38. The number of carbonyl (C=O) groups is 1. The van der Waals surface area contributed by atoms with E-state index >= 15 is 0 Å². The molecular formula is C17H21ClN4O. The molecule has 0 radical (unpaired) electrons. The molecule has 23 heavy (non-hydrogen) atoms. The molecule has 2 aromatic rings. The zero-order valence-corrected chi connectivity index (χ0v) is 14.3. The van der Waals surface area contributed by atoms with Crippen LogP contribution in [0.3, 0.4) is 0 Å². The number of nitrogens with one attached hydrogen (secondary N) is 3. The highest BCUT2D eigenvalue weighted by atomic mass is 35.5. The summed E-state index contributed by atoms with van der Waals surface area (Å²) in [7, 11) is 0. The van der Waals surface area contributed by atoms with Gasteiger partial charge in [-0.2, -0.15) is 5.10 Å². The maximum Gasteiger partial charge on any atom is 0.243 e. The van der Waals surface area contributed by atoms with Crippen molar-refractivity contribution < 1.29 is 4.79 Å². The van der Waals surface area contributed by atoms with Crippen LogP contribution in [0.25, 0.3) is 0 Å². The van der Waals surface area contributed by atoms with Gasteiger partial charge in [-0.25, -0.2) is 0 Å². The lowest BCUT2D eigenvalue weighted by Crippen LogP contribution is -2.38. The fourth-order valence-corrected chi connectivity index (χ4v) is 2.83. The summed E-state index contributed by atoms with van der Waals surface area (Å²) in [5, 5.41) is 14.2. The van der Waals surface area contributed by atoms with E-state index in [-0.39, 0.29) is 17.4 Å². The molecule has 0 aliphatic carbocycles. The lowest BCUT2D eigenvalue weighted by molar-refractivity contribution is -0.121. The van der Waals surface area contributed by atoms with E-state index < -0.39 is 0 Å². The van der Waals surface area contributed by atoms with Crippen molar-refractivity contribution in [3.8, 4) is 0 Å². The highest BCUT2D eigenvalue weighted by Gasteiger charge is 2.26. The van der Waals surface area contributed by atoms with Gasteiger partial charge in [0.25, 0.3) is 0 Å². The molecular weight excluding hydrogens is 312 g/mol. The van der Waals surface area contributed by atoms with E-state index in [4.69, 9.17) is 11.6 Å². The van der Waals surface area contributed by atoms with Crippen LogP contribution in [0.5, 0.6) is 0 Å². The van der Waals surface area contributed by atoms with Gasteiger partial charge in [0.1, 0.15) is 6.04 Å². The molecule has 0 fully saturated rings. The van der Waals surface area contributed by atoms with Crippen molar-refractivity contribution in [2.24, 2.45) is 0 Å². The van der Waals surface area contributed by atoms with Crippen molar-refractivity contribution in [1.82, 2.24) is 15.5 Å². The Morgan fingerprint density at radius 2 is 2.17 bits per heavy atom. The van der Waals surface area contributed by atoms with E-state index in [2.05, 4.69) is 41.6 Å². The molecule has 1 aliphatic rings. The molecule has 0 saturated heterocycles. The number of aromatic nitrogens is 2. The molecule has 0 saturated carbocycles. The number of rotatable bonds is 3. The van der Waals surface area contributed by atoms with Gasteiger partial charge in [0, 0.05) is 22.5 Å². The predicted molar refractivity (Wildman–Crippen MR) is 91.7 cm³/mol. The van der Waals surface area contributed by atoms with Crippen LogP contribution in [0, 0.1) is 0 Å². The van der Waals surface area contributed by atoms with Gasteiger partial charge >= 0.3 is 0 Å². The maximum atomic E-state index is 12.3. The molecule has 1 aromatic heterocycles. The average Bonchev–Trinajstić information content (AvgIpc) is 3.10. The Bertz CT molecular complexity index is 732. The minimum atomic E-state index is -0.256. The summed E-state index contributed by atoms with van der Waals surface area (Å²) in [4.78, 5) is 12.3. The average molecular weight is 333 g/mol. The molecule has 0 spiro atoms. The smallest absolute Gasteiger partial charge is 0.243 e. The van der Waals surface area contributed by atoms with Gasteiger partial charge in [0.2, 0.25) is 5.91 Å². The van der Waals surface area contributed by atoms with Crippen LogP contribution in [0.4, 0.5) is 5.69 Å². The van der Waals surface area contributed by atoms with E-state index in [1.807, 2.05) is 24.3 Å². The van der Waals surface area contributed by atoms with Crippen LogP contribution in [0.15, 0.2) is 24.3 Å². The second-order valence-corrected chi connectivity index (χ2v) is 7.39. The van der Waals surface area contributed by atoms with Crippen LogP contribution in [-0.4, -0.2) is 22.1 Å². The normalized spacial score (nSPS) is 16.8. The van der Waals surface area contributed by atoms with Crippen LogP contribution in [0.2, 0.25) is 5.02 Å². The maximum absolute atomic E-state index is 12.3. The molecule has 3 N–H and O–H groups in total. The highest BCUT2D eigenvalue weighted by molar-refractivity contribution is 6.30. The Balaban J connectivity index is 1.58. The third kappa shape index (κ3) is 3.50. The molecule has 1 amide bonds. The van der Waals surface area contributed by atoms with Crippen LogP contribution in [-0.2, 0) is 23.2 Å². The number of fused-ring (bicyclic) bond motifs is 1. The highest BCUT2D eigenvalue weighted by Crippen LogP contribution is 2.28. The lowest BCUT2D eigenvalue weighted by Gasteiger charge is -2.13. The summed E-state index contributed by atoms with van der Waals surface area (Å²) in [5.74, 6) is -0.0239. The minimum Gasteiger partial charge on any atom is -0.373 e. The Morgan fingerprint density at radius 3 is 2.87 bits per heavy atom. The fourth-order valence-electron chi connectivity index (χ4n) is 2.63. The first-order chi connectivity index (χ1) is 10.8. The van der Waals surface area contributed by atoms with E-state index in [1.54, 1.807) is 0 Å². The third-order valence-corrected chi connectivity index (χ3v) is 4.23. The monoisotopic (exact) mass is 332 g/mol. The second kappa shape index (κ2) is 5.89. The van der Waals surface area contributed by atoms with Crippen molar-refractivity contribution in [2.45, 2.75) is 45.2 Å². The third-order valence-electron chi connectivity index (χ3n) is 3.99. The molecule has 0 unspecified atom stereocenters. The number of carbonyl (C=O) groups excluding carboxylic acids is 1. The summed E-state index contributed by atoms with van der Waals surface area (Å²) in [5.41, 5.74) is 3.94. The molecule has 1 atom stereocenters. The molecule has 2 heterocycles. The summed E-state index contributed by atoms with van der Waals surface area (Å²) in [6.07, 6.45) is 0.651. The van der Waals surface area contributed by atoms with Crippen LogP contribution >= 0.6 is 11.6 Å². The van der Waals surface area contributed by atoms with Crippen molar-refractivity contribution in [3.05, 3.63) is 46.2 Å². The first-order valence-corrected chi connectivity index (χ1v) is 8.08. The van der Waals surface area contributed by atoms with Gasteiger partial charge in [0.15, 0.2) is 0 Å². The van der Waals surface area contributed by atoms with Gasteiger partial charge in [0.05, 0.1) is 17.9 Å². The first kappa shape index (κ1) is 15.9. The molecule has 1 aromatic carbocycles. The van der Waals surface area contributed by atoms with E-state index in [9.17, 15) is 4.79 Å². The van der Waals surface area contributed by atoms with Gasteiger partial charge in [-0.1, -0.05) is 32.4 Å². The van der Waals surface area contributed by atoms with Gasteiger partial charge in [-0.3, -0.25) is 9.89 Å². The Kier molecular flexibility index (Phi) is 4.06. The number of hydrogen-bond donors (Lipinski definition) is 3. The molecule has 6 heteroatoms. The second-order valence-electron chi connectivity index (χ2n) is 6.95. The van der Waals surface area contributed by atoms with E-state index in [0.717, 1.165) is 22.6 Å². The number of aromatic amines is 1. The lowest BCUT2D eigenvalue weighted by atomic mass is 9.92. The fraction of sp³-hybridized carbons (Fsp3) is 0.412. The number of benzene rings is 1. The number of amides is 1. The van der Waals surface area contributed by atoms with Gasteiger partial charge in [-0.05, 0) is 29.8 Å². The molecule has 3 rings (SSSR count). The standard InChI is InChI=1S/C17H21ClN4O/c1-17(2,3)15-8-12(21-22-15)9-19-16(23)14-7-10-6-11(18)4-5-13(10)20-14/h4-6,8,14,20H,7,9H2,1-3H3,(H,19,23)(H,21,22)/t14-/m1/s1. The summed E-state index contributed by atoms with van der Waals surface area (Å²) >= 11 is 5.99. The minimum absolute atomic E-state index is 0.00726. The molecule has 1 aliphatic heterocycles. The number of anilines is 1. The number of nitrogens with zero attached hydrogens (tertiary/aromatic N) is 1. The number of hydrogen-bond acceptors (Lipinski definition) is 3. The summed E-state index contributed by atoms with van der Waals surface area (Å²) in [6.45, 7) is 6.76.